The molecule has 1 heterocycles. The number of hydrazine groups is 1. The molecule has 0 unspecified atom stereocenters. The zero-order valence-corrected chi connectivity index (χ0v) is 14.9. The number of benzene rings is 2. The highest BCUT2D eigenvalue weighted by atomic mass is 35.5. The van der Waals surface area contributed by atoms with Crippen LogP contribution in [0.2, 0.25) is 0 Å². The van der Waals surface area contributed by atoms with E-state index >= 15 is 0 Å². The molecule has 6 nitrogen and oxygen atoms in total. The molecule has 0 atom stereocenters. The molecule has 2 aromatic rings. The third kappa shape index (κ3) is 5.09. The lowest BCUT2D eigenvalue weighted by Gasteiger charge is -2.36. The van der Waals surface area contributed by atoms with E-state index in [9.17, 15) is 4.79 Å². The van der Waals surface area contributed by atoms with Gasteiger partial charge < -0.3 is 4.74 Å². The normalized spacial score (nSPS) is 14.9. The number of hydrogen-bond acceptors (Lipinski definition) is 5. The summed E-state index contributed by atoms with van der Waals surface area (Å²) < 4.78 is 5.35. The van der Waals surface area contributed by atoms with E-state index in [1.807, 2.05) is 59.6 Å². The first-order valence-corrected chi connectivity index (χ1v) is 7.94. The van der Waals surface area contributed by atoms with E-state index in [-0.39, 0.29) is 18.3 Å². The van der Waals surface area contributed by atoms with E-state index in [1.165, 1.54) is 0 Å². The summed E-state index contributed by atoms with van der Waals surface area (Å²) in [6.07, 6.45) is 0. The van der Waals surface area contributed by atoms with Gasteiger partial charge in [-0.25, -0.2) is 10.0 Å². The maximum absolute atomic E-state index is 12.0. The molecule has 0 aromatic heterocycles. The molecule has 3 rings (SSSR count). The van der Waals surface area contributed by atoms with Crippen molar-refractivity contribution < 1.29 is 9.53 Å². The molecule has 1 fully saturated rings. The molecule has 7 heteroatoms. The fraction of sp³-hybridized carbons (Fsp3) is 0.278. The second-order valence-corrected chi connectivity index (χ2v) is 5.45. The van der Waals surface area contributed by atoms with Crippen molar-refractivity contribution >= 4 is 35.4 Å². The van der Waals surface area contributed by atoms with Crippen molar-refractivity contribution in [3.8, 4) is 0 Å². The highest BCUT2D eigenvalue weighted by Crippen LogP contribution is 2.23. The van der Waals surface area contributed by atoms with Crippen molar-refractivity contribution in [3.63, 3.8) is 0 Å². The van der Waals surface area contributed by atoms with Gasteiger partial charge in [-0.2, -0.15) is 10.2 Å². The number of morpholine rings is 1. The average Bonchev–Trinajstić information content (AvgIpc) is 2.63. The lowest BCUT2D eigenvalue weighted by atomic mass is 10.2. The van der Waals surface area contributed by atoms with Crippen molar-refractivity contribution in [1.82, 2.24) is 5.01 Å². The molecule has 1 aliphatic heterocycles. The first-order chi connectivity index (χ1) is 11.7. The summed E-state index contributed by atoms with van der Waals surface area (Å²) in [7, 11) is 0. The molecule has 0 spiro atoms. The second-order valence-electron chi connectivity index (χ2n) is 5.45. The molecule has 0 radical (unpaired) electrons. The minimum atomic E-state index is -0.0180. The Hall–Kier alpha value is -2.28. The molecular formula is C18H21ClN4O2. The quantitative estimate of drug-likeness (QED) is 0.770. The van der Waals surface area contributed by atoms with Gasteiger partial charge in [0.2, 0.25) is 5.91 Å². The van der Waals surface area contributed by atoms with Crippen LogP contribution < -0.4 is 5.01 Å². The lowest BCUT2D eigenvalue weighted by molar-refractivity contribution is -0.120. The molecule has 1 aliphatic rings. The molecule has 25 heavy (non-hydrogen) atoms. The molecule has 2 aromatic carbocycles. The van der Waals surface area contributed by atoms with Gasteiger partial charge in [0.1, 0.15) is 0 Å². The zero-order chi connectivity index (χ0) is 16.8. The molecular weight excluding hydrogens is 340 g/mol. The number of nitrogens with zero attached hydrogens (tertiary/aromatic N) is 4. The van der Waals surface area contributed by atoms with Crippen molar-refractivity contribution in [3.05, 3.63) is 54.6 Å². The zero-order valence-electron chi connectivity index (χ0n) is 14.0. The van der Waals surface area contributed by atoms with E-state index in [0.29, 0.717) is 26.3 Å². The van der Waals surface area contributed by atoms with Crippen LogP contribution in [0.3, 0.4) is 0 Å². The first-order valence-electron chi connectivity index (χ1n) is 7.94. The number of amides is 1. The van der Waals surface area contributed by atoms with Gasteiger partial charge in [-0.05, 0) is 36.4 Å². The topological polar surface area (TPSA) is 57.5 Å². The number of azo groups is 1. The van der Waals surface area contributed by atoms with Crippen LogP contribution in [0.5, 0.6) is 0 Å². The Labute approximate surface area is 153 Å². The van der Waals surface area contributed by atoms with Crippen LogP contribution >= 0.6 is 12.4 Å². The Morgan fingerprint density at radius 2 is 1.52 bits per heavy atom. The smallest absolute Gasteiger partial charge is 0.238 e. The summed E-state index contributed by atoms with van der Waals surface area (Å²) >= 11 is 0. The van der Waals surface area contributed by atoms with Gasteiger partial charge in [0, 0.05) is 20.0 Å². The number of anilines is 1. The SMILES string of the molecule is CC(=O)N(c1ccc(N=Nc2ccccc2)cc1)N1CCOCC1.Cl. The van der Waals surface area contributed by atoms with Crippen molar-refractivity contribution in [2.75, 3.05) is 31.3 Å². The fourth-order valence-corrected chi connectivity index (χ4v) is 2.57. The molecule has 1 amide bonds. The molecule has 132 valence electrons. The van der Waals surface area contributed by atoms with Gasteiger partial charge in [-0.3, -0.25) is 4.79 Å². The molecule has 0 saturated carbocycles. The number of carbonyl (C=O) groups excluding carboxylic acids is 1. The van der Waals surface area contributed by atoms with Crippen LogP contribution in [-0.4, -0.2) is 37.2 Å². The number of halogens is 1. The Morgan fingerprint density at radius 3 is 2.08 bits per heavy atom. The Bertz CT molecular complexity index is 701. The number of ether oxygens (including phenoxy) is 1. The predicted octanol–water partition coefficient (Wildman–Crippen LogP) is 4.12. The van der Waals surface area contributed by atoms with Gasteiger partial charge in [0.15, 0.2) is 0 Å². The molecule has 0 N–H and O–H groups in total. The van der Waals surface area contributed by atoms with Crippen molar-refractivity contribution in [2.45, 2.75) is 6.92 Å². The summed E-state index contributed by atoms with van der Waals surface area (Å²) in [4.78, 5) is 12.0. The Kier molecular flexibility index (Phi) is 7.06. The van der Waals surface area contributed by atoms with E-state index in [1.54, 1.807) is 11.9 Å². The minimum absolute atomic E-state index is 0. The first kappa shape index (κ1) is 19.1. The van der Waals surface area contributed by atoms with E-state index < -0.39 is 0 Å². The van der Waals surface area contributed by atoms with Crippen LogP contribution in [0.4, 0.5) is 17.1 Å². The maximum Gasteiger partial charge on any atom is 0.238 e. The van der Waals surface area contributed by atoms with Crippen LogP contribution in [-0.2, 0) is 9.53 Å². The van der Waals surface area contributed by atoms with Crippen LogP contribution in [0.1, 0.15) is 6.92 Å². The van der Waals surface area contributed by atoms with Gasteiger partial charge in [-0.1, -0.05) is 18.2 Å². The third-order valence-corrected chi connectivity index (χ3v) is 3.70. The summed E-state index contributed by atoms with van der Waals surface area (Å²) in [5, 5.41) is 12.1. The lowest BCUT2D eigenvalue weighted by Crippen LogP contribution is -2.51. The van der Waals surface area contributed by atoms with E-state index in [4.69, 9.17) is 4.74 Å². The van der Waals surface area contributed by atoms with E-state index in [0.717, 1.165) is 17.1 Å². The molecule has 0 bridgehead atoms. The number of hydrogen-bond donors (Lipinski definition) is 0. The molecule has 1 saturated heterocycles. The highest BCUT2D eigenvalue weighted by Gasteiger charge is 2.22. The Morgan fingerprint density at radius 1 is 0.960 bits per heavy atom. The van der Waals surface area contributed by atoms with Gasteiger partial charge in [0.05, 0.1) is 30.3 Å². The fourth-order valence-electron chi connectivity index (χ4n) is 2.57. The highest BCUT2D eigenvalue weighted by molar-refractivity contribution is 5.90. The van der Waals surface area contributed by atoms with Crippen molar-refractivity contribution in [1.29, 1.82) is 0 Å². The van der Waals surface area contributed by atoms with Gasteiger partial charge >= 0.3 is 0 Å². The van der Waals surface area contributed by atoms with Crippen LogP contribution in [0.15, 0.2) is 64.8 Å². The standard InChI is InChI=1S/C18H20N4O2.ClH/c1-15(23)22(21-11-13-24-14-12-21)18-9-7-17(8-10-18)20-19-16-5-3-2-4-6-16;/h2-10H,11-14H2,1H3;1H. The maximum atomic E-state index is 12.0. The van der Waals surface area contributed by atoms with Crippen LogP contribution in [0, 0.1) is 0 Å². The summed E-state index contributed by atoms with van der Waals surface area (Å²) in [6, 6.07) is 17.1. The monoisotopic (exact) mass is 360 g/mol. The third-order valence-electron chi connectivity index (χ3n) is 3.70. The van der Waals surface area contributed by atoms with Crippen molar-refractivity contribution in [2.24, 2.45) is 10.2 Å². The summed E-state index contributed by atoms with van der Waals surface area (Å²) in [5.41, 5.74) is 2.37. The summed E-state index contributed by atoms with van der Waals surface area (Å²) in [5.74, 6) is -0.0180. The van der Waals surface area contributed by atoms with Gasteiger partial charge in [0.25, 0.3) is 0 Å². The Balaban J connectivity index is 0.00000225. The molecule has 0 aliphatic carbocycles. The van der Waals surface area contributed by atoms with Gasteiger partial charge in [-0.15, -0.1) is 12.4 Å². The minimum Gasteiger partial charge on any atom is -0.379 e. The van der Waals surface area contributed by atoms with E-state index in [2.05, 4.69) is 10.2 Å². The number of carbonyl (C=O) groups is 1. The largest absolute Gasteiger partial charge is 0.379 e. The predicted molar refractivity (Wildman–Crippen MR) is 99.9 cm³/mol. The second kappa shape index (κ2) is 9.27. The summed E-state index contributed by atoms with van der Waals surface area (Å²) in [6.45, 7) is 4.24. The average molecular weight is 361 g/mol. The number of rotatable bonds is 4. The van der Waals surface area contributed by atoms with Crippen LogP contribution in [0.25, 0.3) is 0 Å².